The van der Waals surface area contributed by atoms with Crippen LogP contribution < -0.4 is 5.32 Å². The van der Waals surface area contributed by atoms with Gasteiger partial charge < -0.3 is 10.4 Å². The van der Waals surface area contributed by atoms with E-state index in [9.17, 15) is 9.90 Å². The van der Waals surface area contributed by atoms with E-state index in [0.717, 1.165) is 0 Å². The summed E-state index contributed by atoms with van der Waals surface area (Å²) < 4.78 is 0. The van der Waals surface area contributed by atoms with Crippen molar-refractivity contribution in [2.45, 2.75) is 0 Å². The van der Waals surface area contributed by atoms with Crippen LogP contribution in [0.4, 0.5) is 5.69 Å². The molecule has 1 amide bonds. The van der Waals surface area contributed by atoms with E-state index < -0.39 is 0 Å². The largest absolute Gasteiger partial charge is 0.505 e. The number of hydrogen-bond donors (Lipinski definition) is 2. The van der Waals surface area contributed by atoms with Gasteiger partial charge in [0.05, 0.1) is 10.0 Å². The van der Waals surface area contributed by atoms with Crippen molar-refractivity contribution in [1.29, 1.82) is 0 Å². The van der Waals surface area contributed by atoms with Gasteiger partial charge in [-0.3, -0.25) is 4.79 Å². The molecule has 0 unspecified atom stereocenters. The summed E-state index contributed by atoms with van der Waals surface area (Å²) >= 11 is 17.2. The van der Waals surface area contributed by atoms with Crippen LogP contribution in [0.15, 0.2) is 30.5 Å². The Morgan fingerprint density at radius 2 is 1.79 bits per heavy atom. The monoisotopic (exact) mass is 316 g/mol. The lowest BCUT2D eigenvalue weighted by molar-refractivity contribution is 0.102. The lowest BCUT2D eigenvalue weighted by atomic mass is 10.2. The van der Waals surface area contributed by atoms with Gasteiger partial charge in [-0.25, -0.2) is 4.98 Å². The number of benzene rings is 1. The molecule has 2 rings (SSSR count). The zero-order chi connectivity index (χ0) is 14.0. The predicted octanol–water partition coefficient (Wildman–Crippen LogP) is 4.00. The van der Waals surface area contributed by atoms with Crippen LogP contribution in [0.2, 0.25) is 15.2 Å². The molecule has 0 bridgehead atoms. The fourth-order valence-electron chi connectivity index (χ4n) is 1.38. The average molecular weight is 318 g/mol. The zero-order valence-electron chi connectivity index (χ0n) is 9.32. The molecule has 1 aromatic carbocycles. The Morgan fingerprint density at radius 1 is 1.16 bits per heavy atom. The Labute approximate surface area is 123 Å². The molecule has 0 spiro atoms. The molecular formula is C12H7Cl3N2O2. The van der Waals surface area contributed by atoms with Gasteiger partial charge in [0.25, 0.3) is 5.91 Å². The van der Waals surface area contributed by atoms with Gasteiger partial charge in [0.15, 0.2) is 5.75 Å². The topological polar surface area (TPSA) is 62.2 Å². The molecule has 2 aromatic rings. The number of aromatic hydroxyl groups is 1. The van der Waals surface area contributed by atoms with Crippen LogP contribution >= 0.6 is 34.8 Å². The van der Waals surface area contributed by atoms with Gasteiger partial charge in [-0.05, 0) is 24.3 Å². The van der Waals surface area contributed by atoms with E-state index in [2.05, 4.69) is 10.3 Å². The number of aromatic nitrogens is 1. The first-order chi connectivity index (χ1) is 8.97. The minimum atomic E-state index is -0.387. The number of nitrogens with one attached hydrogen (secondary N) is 1. The Kier molecular flexibility index (Phi) is 4.14. The summed E-state index contributed by atoms with van der Waals surface area (Å²) in [5.74, 6) is -0.615. The summed E-state index contributed by atoms with van der Waals surface area (Å²) in [4.78, 5) is 15.7. The highest BCUT2D eigenvalue weighted by atomic mass is 35.5. The van der Waals surface area contributed by atoms with Gasteiger partial charge in [-0.15, -0.1) is 0 Å². The van der Waals surface area contributed by atoms with Crippen LogP contribution in [0.5, 0.6) is 5.75 Å². The molecule has 0 fully saturated rings. The normalized spacial score (nSPS) is 10.3. The SMILES string of the molecule is O=C(Nc1cc(Cl)c(O)c(Cl)c1)c1ccnc(Cl)c1. The lowest BCUT2D eigenvalue weighted by Crippen LogP contribution is -2.12. The summed E-state index contributed by atoms with van der Waals surface area (Å²) in [6, 6.07) is 5.73. The Hall–Kier alpha value is -1.49. The van der Waals surface area contributed by atoms with Crippen molar-refractivity contribution in [1.82, 2.24) is 4.98 Å². The Morgan fingerprint density at radius 3 is 2.37 bits per heavy atom. The first-order valence-corrected chi connectivity index (χ1v) is 6.21. The average Bonchev–Trinajstić information content (AvgIpc) is 2.36. The van der Waals surface area contributed by atoms with Crippen LogP contribution in [0.25, 0.3) is 0 Å². The number of rotatable bonds is 2. The van der Waals surface area contributed by atoms with Crippen LogP contribution in [-0.4, -0.2) is 16.0 Å². The molecule has 0 aliphatic heterocycles. The van der Waals surface area contributed by atoms with Gasteiger partial charge in [-0.1, -0.05) is 34.8 Å². The number of pyridine rings is 1. The van der Waals surface area contributed by atoms with E-state index in [1.54, 1.807) is 0 Å². The van der Waals surface area contributed by atoms with Gasteiger partial charge in [0, 0.05) is 17.4 Å². The highest BCUT2D eigenvalue weighted by molar-refractivity contribution is 6.37. The molecule has 0 aliphatic carbocycles. The molecule has 0 aliphatic rings. The van der Waals surface area contributed by atoms with Crippen molar-refractivity contribution in [3.63, 3.8) is 0 Å². The predicted molar refractivity (Wildman–Crippen MR) is 75.3 cm³/mol. The second kappa shape index (κ2) is 5.65. The molecule has 4 nitrogen and oxygen atoms in total. The number of phenols is 1. The van der Waals surface area contributed by atoms with E-state index in [1.165, 1.54) is 30.5 Å². The smallest absolute Gasteiger partial charge is 0.255 e. The van der Waals surface area contributed by atoms with E-state index in [1.807, 2.05) is 0 Å². The quantitative estimate of drug-likeness (QED) is 0.650. The number of nitrogens with zero attached hydrogens (tertiary/aromatic N) is 1. The molecule has 19 heavy (non-hydrogen) atoms. The zero-order valence-corrected chi connectivity index (χ0v) is 11.6. The van der Waals surface area contributed by atoms with Crippen molar-refractivity contribution in [3.05, 3.63) is 51.2 Å². The molecule has 98 valence electrons. The molecule has 0 saturated carbocycles. The maximum atomic E-state index is 11.9. The van der Waals surface area contributed by atoms with Crippen molar-refractivity contribution in [2.75, 3.05) is 5.32 Å². The lowest BCUT2D eigenvalue weighted by Gasteiger charge is -2.08. The van der Waals surface area contributed by atoms with E-state index in [-0.39, 0.29) is 26.9 Å². The van der Waals surface area contributed by atoms with E-state index >= 15 is 0 Å². The highest BCUT2D eigenvalue weighted by Crippen LogP contribution is 2.34. The maximum Gasteiger partial charge on any atom is 0.255 e. The number of carbonyl (C=O) groups is 1. The number of carbonyl (C=O) groups excluding carboxylic acids is 1. The van der Waals surface area contributed by atoms with Crippen LogP contribution in [0.1, 0.15) is 10.4 Å². The summed E-state index contributed by atoms with van der Waals surface area (Å²) in [6.07, 6.45) is 1.42. The fourth-order valence-corrected chi connectivity index (χ4v) is 2.05. The minimum absolute atomic E-state index is 0.0514. The summed E-state index contributed by atoms with van der Waals surface area (Å²) in [5, 5.41) is 12.3. The first kappa shape index (κ1) is 13.9. The number of amides is 1. The van der Waals surface area contributed by atoms with Crippen molar-refractivity contribution in [2.24, 2.45) is 0 Å². The van der Waals surface area contributed by atoms with Crippen molar-refractivity contribution in [3.8, 4) is 5.75 Å². The first-order valence-electron chi connectivity index (χ1n) is 5.08. The number of halogens is 3. The van der Waals surface area contributed by atoms with E-state index in [4.69, 9.17) is 34.8 Å². The summed E-state index contributed by atoms with van der Waals surface area (Å²) in [6.45, 7) is 0. The molecule has 1 aromatic heterocycles. The van der Waals surface area contributed by atoms with Crippen LogP contribution in [0.3, 0.4) is 0 Å². The van der Waals surface area contributed by atoms with E-state index in [0.29, 0.717) is 11.3 Å². The van der Waals surface area contributed by atoms with Gasteiger partial charge in [0.2, 0.25) is 0 Å². The fraction of sp³-hybridized carbons (Fsp3) is 0. The van der Waals surface area contributed by atoms with Crippen LogP contribution in [0, 0.1) is 0 Å². The second-order valence-corrected chi connectivity index (χ2v) is 4.81. The third kappa shape index (κ3) is 3.29. The molecule has 2 N–H and O–H groups in total. The van der Waals surface area contributed by atoms with Crippen molar-refractivity contribution < 1.29 is 9.90 Å². The molecule has 7 heteroatoms. The Balaban J connectivity index is 2.24. The molecule has 0 atom stereocenters. The second-order valence-electron chi connectivity index (χ2n) is 3.61. The van der Waals surface area contributed by atoms with Gasteiger partial charge in [0.1, 0.15) is 5.15 Å². The molecule has 0 saturated heterocycles. The summed E-state index contributed by atoms with van der Waals surface area (Å²) in [5.41, 5.74) is 0.714. The molecule has 0 radical (unpaired) electrons. The molecular weight excluding hydrogens is 311 g/mol. The number of hydrogen-bond acceptors (Lipinski definition) is 3. The number of phenolic OH excluding ortho intramolecular Hbond substituents is 1. The van der Waals surface area contributed by atoms with Gasteiger partial charge >= 0.3 is 0 Å². The molecule has 1 heterocycles. The maximum absolute atomic E-state index is 11.9. The standard InChI is InChI=1S/C12H7Cl3N2O2/c13-8-4-7(5-9(14)11(8)18)17-12(19)6-1-2-16-10(15)3-6/h1-5,18H,(H,17,19). The van der Waals surface area contributed by atoms with Gasteiger partial charge in [-0.2, -0.15) is 0 Å². The minimum Gasteiger partial charge on any atom is -0.505 e. The third-order valence-corrected chi connectivity index (χ3v) is 3.05. The third-order valence-electron chi connectivity index (χ3n) is 2.26. The highest BCUT2D eigenvalue weighted by Gasteiger charge is 2.11. The number of anilines is 1. The Bertz CT molecular complexity index is 624. The van der Waals surface area contributed by atoms with Crippen molar-refractivity contribution >= 4 is 46.4 Å². The summed E-state index contributed by atoms with van der Waals surface area (Å²) in [7, 11) is 0. The van der Waals surface area contributed by atoms with Crippen LogP contribution in [-0.2, 0) is 0 Å².